The summed E-state index contributed by atoms with van der Waals surface area (Å²) in [6.07, 6.45) is 0.765. The minimum Gasteiger partial charge on any atom is -0.370 e. The molecule has 1 amide bonds. The van der Waals surface area contributed by atoms with Crippen LogP contribution in [0.5, 0.6) is 0 Å². The number of rotatable bonds is 7. The molecule has 0 saturated heterocycles. The van der Waals surface area contributed by atoms with Crippen molar-refractivity contribution >= 4 is 17.7 Å². The van der Waals surface area contributed by atoms with Crippen molar-refractivity contribution in [3.05, 3.63) is 71.3 Å². The Morgan fingerprint density at radius 3 is 2.39 bits per heavy atom. The summed E-state index contributed by atoms with van der Waals surface area (Å²) in [4.78, 5) is 20.6. The standard InChI is InChI=1S/C22H25N5O/c1-15-11-16(2)13-18(12-15)19-14-20(27-22(23)26-19)24-9-6-10-25-21(28)17-7-4-3-5-8-17/h3-5,7-8,11-14H,6,9-10H2,1-2H3,(H,25,28)(H3,23,24,26,27). The molecule has 0 radical (unpaired) electrons. The predicted molar refractivity (Wildman–Crippen MR) is 113 cm³/mol. The van der Waals surface area contributed by atoms with Gasteiger partial charge in [-0.2, -0.15) is 4.98 Å². The molecule has 0 bridgehead atoms. The monoisotopic (exact) mass is 375 g/mol. The lowest BCUT2D eigenvalue weighted by Gasteiger charge is -2.10. The van der Waals surface area contributed by atoms with Crippen molar-refractivity contribution < 1.29 is 4.79 Å². The van der Waals surface area contributed by atoms with Crippen LogP contribution in [0.2, 0.25) is 0 Å². The SMILES string of the molecule is Cc1cc(C)cc(-c2cc(NCCCNC(=O)c3ccccc3)nc(N)n2)c1. The normalized spacial score (nSPS) is 10.5. The van der Waals surface area contributed by atoms with Gasteiger partial charge in [0.05, 0.1) is 5.69 Å². The fourth-order valence-electron chi connectivity index (χ4n) is 3.03. The van der Waals surface area contributed by atoms with Gasteiger partial charge in [0.25, 0.3) is 5.91 Å². The number of carbonyl (C=O) groups excluding carboxylic acids is 1. The van der Waals surface area contributed by atoms with Gasteiger partial charge in [-0.1, -0.05) is 35.4 Å². The first-order chi connectivity index (χ1) is 13.5. The molecule has 6 heteroatoms. The van der Waals surface area contributed by atoms with Crippen LogP contribution in [0.1, 0.15) is 27.9 Å². The number of carbonyl (C=O) groups is 1. The maximum Gasteiger partial charge on any atom is 0.251 e. The molecule has 0 fully saturated rings. The first kappa shape index (κ1) is 19.4. The number of aromatic nitrogens is 2. The molecule has 0 unspecified atom stereocenters. The van der Waals surface area contributed by atoms with Crippen LogP contribution in [0.25, 0.3) is 11.3 Å². The van der Waals surface area contributed by atoms with Crippen molar-refractivity contribution in [3.63, 3.8) is 0 Å². The molecule has 2 aromatic carbocycles. The zero-order valence-corrected chi connectivity index (χ0v) is 16.2. The second-order valence-corrected chi connectivity index (χ2v) is 6.78. The van der Waals surface area contributed by atoms with Gasteiger partial charge in [0.1, 0.15) is 5.82 Å². The summed E-state index contributed by atoms with van der Waals surface area (Å²) in [6.45, 7) is 5.36. The van der Waals surface area contributed by atoms with Crippen LogP contribution < -0.4 is 16.4 Å². The largest absolute Gasteiger partial charge is 0.370 e. The van der Waals surface area contributed by atoms with E-state index in [9.17, 15) is 4.79 Å². The number of aryl methyl sites for hydroxylation is 2. The average molecular weight is 375 g/mol. The molecule has 0 aliphatic rings. The Kier molecular flexibility index (Phi) is 6.22. The second-order valence-electron chi connectivity index (χ2n) is 6.78. The van der Waals surface area contributed by atoms with Crippen LogP contribution in [-0.2, 0) is 0 Å². The molecule has 3 rings (SSSR count). The maximum atomic E-state index is 12.0. The van der Waals surface area contributed by atoms with E-state index in [4.69, 9.17) is 5.73 Å². The van der Waals surface area contributed by atoms with E-state index in [-0.39, 0.29) is 11.9 Å². The van der Waals surface area contributed by atoms with Crippen LogP contribution in [-0.4, -0.2) is 29.0 Å². The highest BCUT2D eigenvalue weighted by Crippen LogP contribution is 2.23. The van der Waals surface area contributed by atoms with Gasteiger partial charge < -0.3 is 16.4 Å². The fraction of sp³-hybridized carbons (Fsp3) is 0.227. The van der Waals surface area contributed by atoms with E-state index < -0.39 is 0 Å². The van der Waals surface area contributed by atoms with E-state index in [0.29, 0.717) is 24.5 Å². The molecule has 144 valence electrons. The molecule has 0 aliphatic carbocycles. The van der Waals surface area contributed by atoms with Gasteiger partial charge in [-0.05, 0) is 44.5 Å². The van der Waals surface area contributed by atoms with Gasteiger partial charge in [0, 0.05) is 30.3 Å². The third kappa shape index (κ3) is 5.30. The number of amides is 1. The third-order valence-corrected chi connectivity index (χ3v) is 4.24. The van der Waals surface area contributed by atoms with Crippen LogP contribution in [0.3, 0.4) is 0 Å². The summed E-state index contributed by atoms with van der Waals surface area (Å²) >= 11 is 0. The van der Waals surface area contributed by atoms with Crippen LogP contribution in [0, 0.1) is 13.8 Å². The van der Waals surface area contributed by atoms with Gasteiger partial charge in [-0.15, -0.1) is 0 Å². The van der Waals surface area contributed by atoms with Crippen molar-refractivity contribution in [2.45, 2.75) is 20.3 Å². The van der Waals surface area contributed by atoms with Gasteiger partial charge in [-0.25, -0.2) is 4.98 Å². The quantitative estimate of drug-likeness (QED) is 0.549. The summed E-state index contributed by atoms with van der Waals surface area (Å²) in [6, 6.07) is 17.4. The Morgan fingerprint density at radius 1 is 0.964 bits per heavy atom. The summed E-state index contributed by atoms with van der Waals surface area (Å²) in [5.74, 6) is 0.844. The van der Waals surface area contributed by atoms with Crippen molar-refractivity contribution in [3.8, 4) is 11.3 Å². The number of benzene rings is 2. The maximum absolute atomic E-state index is 12.0. The topological polar surface area (TPSA) is 92.9 Å². The van der Waals surface area contributed by atoms with Crippen molar-refractivity contribution in [2.24, 2.45) is 0 Å². The van der Waals surface area contributed by atoms with E-state index >= 15 is 0 Å². The molecular weight excluding hydrogens is 350 g/mol. The van der Waals surface area contributed by atoms with Crippen LogP contribution >= 0.6 is 0 Å². The number of nitrogen functional groups attached to an aromatic ring is 1. The van der Waals surface area contributed by atoms with Gasteiger partial charge >= 0.3 is 0 Å². The van der Waals surface area contributed by atoms with E-state index in [2.05, 4.69) is 52.6 Å². The minimum absolute atomic E-state index is 0.0658. The number of anilines is 2. The first-order valence-electron chi connectivity index (χ1n) is 9.31. The van der Waals surface area contributed by atoms with Crippen molar-refractivity contribution in [2.75, 3.05) is 24.1 Å². The predicted octanol–water partition coefficient (Wildman–Crippen LogP) is 3.57. The van der Waals surface area contributed by atoms with Crippen LogP contribution in [0.15, 0.2) is 54.6 Å². The first-order valence-corrected chi connectivity index (χ1v) is 9.31. The minimum atomic E-state index is -0.0658. The second kappa shape index (κ2) is 8.99. The average Bonchev–Trinajstić information content (AvgIpc) is 2.67. The molecule has 0 spiro atoms. The van der Waals surface area contributed by atoms with Gasteiger partial charge in [0.2, 0.25) is 5.95 Å². The summed E-state index contributed by atoms with van der Waals surface area (Å²) in [5.41, 5.74) is 10.7. The lowest BCUT2D eigenvalue weighted by molar-refractivity contribution is 0.0953. The van der Waals surface area contributed by atoms with Crippen molar-refractivity contribution in [1.29, 1.82) is 0 Å². The smallest absolute Gasteiger partial charge is 0.251 e. The van der Waals surface area contributed by atoms with E-state index in [1.54, 1.807) is 12.1 Å². The molecule has 0 atom stereocenters. The highest BCUT2D eigenvalue weighted by atomic mass is 16.1. The zero-order valence-electron chi connectivity index (χ0n) is 16.2. The fourth-order valence-corrected chi connectivity index (χ4v) is 3.03. The Hall–Kier alpha value is -3.41. The number of nitrogens with two attached hydrogens (primary N) is 1. The third-order valence-electron chi connectivity index (χ3n) is 4.24. The molecule has 0 aliphatic heterocycles. The number of nitrogens with one attached hydrogen (secondary N) is 2. The van der Waals surface area contributed by atoms with Gasteiger partial charge in [0.15, 0.2) is 0 Å². The molecular formula is C22H25N5O. The van der Waals surface area contributed by atoms with E-state index in [1.165, 1.54) is 11.1 Å². The number of hydrogen-bond donors (Lipinski definition) is 3. The Balaban J connectivity index is 1.55. The Morgan fingerprint density at radius 2 is 1.68 bits per heavy atom. The Labute approximate surface area is 165 Å². The lowest BCUT2D eigenvalue weighted by atomic mass is 10.0. The highest BCUT2D eigenvalue weighted by molar-refractivity contribution is 5.94. The van der Waals surface area contributed by atoms with E-state index in [0.717, 1.165) is 17.7 Å². The van der Waals surface area contributed by atoms with Crippen molar-refractivity contribution in [1.82, 2.24) is 15.3 Å². The molecule has 1 aromatic heterocycles. The molecule has 6 nitrogen and oxygen atoms in total. The lowest BCUT2D eigenvalue weighted by Crippen LogP contribution is -2.25. The summed E-state index contributed by atoms with van der Waals surface area (Å²) < 4.78 is 0. The highest BCUT2D eigenvalue weighted by Gasteiger charge is 2.07. The Bertz CT molecular complexity index is 936. The summed E-state index contributed by atoms with van der Waals surface area (Å²) in [7, 11) is 0. The summed E-state index contributed by atoms with van der Waals surface area (Å²) in [5, 5.41) is 6.17. The van der Waals surface area contributed by atoms with Gasteiger partial charge in [-0.3, -0.25) is 4.79 Å². The zero-order chi connectivity index (χ0) is 19.9. The van der Waals surface area contributed by atoms with E-state index in [1.807, 2.05) is 24.3 Å². The molecule has 28 heavy (non-hydrogen) atoms. The number of hydrogen-bond acceptors (Lipinski definition) is 5. The molecule has 0 saturated carbocycles. The van der Waals surface area contributed by atoms with Crippen LogP contribution in [0.4, 0.5) is 11.8 Å². The molecule has 4 N–H and O–H groups in total. The number of nitrogens with zero attached hydrogens (tertiary/aromatic N) is 2. The molecule has 1 heterocycles. The molecule has 3 aromatic rings.